The van der Waals surface area contributed by atoms with Gasteiger partial charge in [-0.15, -0.1) is 0 Å². The van der Waals surface area contributed by atoms with Crippen molar-refractivity contribution in [3.8, 4) is 17.2 Å². The molecule has 0 aromatic heterocycles. The predicted molar refractivity (Wildman–Crippen MR) is 52.3 cm³/mol. The van der Waals surface area contributed by atoms with E-state index >= 15 is 0 Å². The van der Waals surface area contributed by atoms with E-state index in [4.69, 9.17) is 19.9 Å². The van der Waals surface area contributed by atoms with Gasteiger partial charge in [0, 0.05) is 0 Å². The normalized spacial score (nSPS) is 13.5. The van der Waals surface area contributed by atoms with Gasteiger partial charge in [-0.25, -0.2) is 0 Å². The third-order valence-corrected chi connectivity index (χ3v) is 1.97. The van der Waals surface area contributed by atoms with Crippen molar-refractivity contribution in [1.82, 2.24) is 0 Å². The first-order valence-electron chi connectivity index (χ1n) is 4.21. The SMILES string of the molecule is COc1cc(/C=C/N)cc2c1OCO2. The molecule has 14 heavy (non-hydrogen) atoms. The maximum absolute atomic E-state index is 5.30. The lowest BCUT2D eigenvalue weighted by Gasteiger charge is -2.05. The molecule has 0 saturated heterocycles. The molecule has 0 fully saturated rings. The summed E-state index contributed by atoms with van der Waals surface area (Å²) in [6.45, 7) is 0.238. The molecule has 0 spiro atoms. The van der Waals surface area contributed by atoms with Crippen LogP contribution in [0.25, 0.3) is 6.08 Å². The molecule has 0 unspecified atom stereocenters. The summed E-state index contributed by atoms with van der Waals surface area (Å²) in [5, 5.41) is 0. The third kappa shape index (κ3) is 1.35. The summed E-state index contributed by atoms with van der Waals surface area (Å²) in [4.78, 5) is 0. The summed E-state index contributed by atoms with van der Waals surface area (Å²) < 4.78 is 15.7. The van der Waals surface area contributed by atoms with Crippen molar-refractivity contribution in [3.63, 3.8) is 0 Å². The average Bonchev–Trinajstić information content (AvgIpc) is 2.65. The van der Waals surface area contributed by atoms with E-state index in [-0.39, 0.29) is 6.79 Å². The van der Waals surface area contributed by atoms with E-state index in [2.05, 4.69) is 0 Å². The quantitative estimate of drug-likeness (QED) is 0.770. The molecule has 1 heterocycles. The van der Waals surface area contributed by atoms with Crippen molar-refractivity contribution in [1.29, 1.82) is 0 Å². The zero-order chi connectivity index (χ0) is 9.97. The highest BCUT2D eigenvalue weighted by Crippen LogP contribution is 2.41. The van der Waals surface area contributed by atoms with Gasteiger partial charge in [0.15, 0.2) is 11.5 Å². The lowest BCUT2D eigenvalue weighted by atomic mass is 10.2. The van der Waals surface area contributed by atoms with Crippen molar-refractivity contribution in [2.75, 3.05) is 13.9 Å². The van der Waals surface area contributed by atoms with Crippen molar-refractivity contribution >= 4 is 6.08 Å². The van der Waals surface area contributed by atoms with Gasteiger partial charge in [0.1, 0.15) is 0 Å². The first-order valence-corrected chi connectivity index (χ1v) is 4.21. The second-order valence-corrected chi connectivity index (χ2v) is 2.82. The molecular formula is C10H11NO3. The van der Waals surface area contributed by atoms with Gasteiger partial charge in [0.2, 0.25) is 12.5 Å². The highest BCUT2D eigenvalue weighted by molar-refractivity contribution is 5.62. The molecule has 0 radical (unpaired) electrons. The molecule has 1 aliphatic heterocycles. The molecule has 74 valence electrons. The molecule has 0 aliphatic carbocycles. The molecule has 0 bridgehead atoms. The maximum atomic E-state index is 5.30. The van der Waals surface area contributed by atoms with Crippen LogP contribution in [0.3, 0.4) is 0 Å². The van der Waals surface area contributed by atoms with Gasteiger partial charge < -0.3 is 19.9 Å². The lowest BCUT2D eigenvalue weighted by molar-refractivity contribution is 0.171. The Morgan fingerprint density at radius 1 is 1.43 bits per heavy atom. The fraction of sp³-hybridized carbons (Fsp3) is 0.200. The number of hydrogen-bond donors (Lipinski definition) is 1. The van der Waals surface area contributed by atoms with Gasteiger partial charge in [-0.3, -0.25) is 0 Å². The number of fused-ring (bicyclic) bond motifs is 1. The Balaban J connectivity index is 2.49. The molecule has 1 aliphatic rings. The van der Waals surface area contributed by atoms with Gasteiger partial charge in [-0.2, -0.15) is 0 Å². The van der Waals surface area contributed by atoms with E-state index in [0.717, 1.165) is 5.56 Å². The van der Waals surface area contributed by atoms with Gasteiger partial charge in [0.25, 0.3) is 0 Å². The highest BCUT2D eigenvalue weighted by atomic mass is 16.7. The van der Waals surface area contributed by atoms with Crippen LogP contribution in [0.1, 0.15) is 5.56 Å². The predicted octanol–water partition coefficient (Wildman–Crippen LogP) is 1.35. The Hall–Kier alpha value is -1.84. The molecule has 2 rings (SSSR count). The van der Waals surface area contributed by atoms with Gasteiger partial charge in [0.05, 0.1) is 7.11 Å². The Morgan fingerprint density at radius 2 is 2.29 bits per heavy atom. The summed E-state index contributed by atoms with van der Waals surface area (Å²) in [5.41, 5.74) is 6.23. The zero-order valence-electron chi connectivity index (χ0n) is 7.82. The Bertz CT molecular complexity index is 374. The summed E-state index contributed by atoms with van der Waals surface area (Å²) in [5.74, 6) is 2.01. The summed E-state index contributed by atoms with van der Waals surface area (Å²) in [7, 11) is 1.59. The van der Waals surface area contributed by atoms with Crippen LogP contribution >= 0.6 is 0 Å². The van der Waals surface area contributed by atoms with E-state index in [1.807, 2.05) is 12.1 Å². The van der Waals surface area contributed by atoms with Crippen LogP contribution in [-0.2, 0) is 0 Å². The van der Waals surface area contributed by atoms with Gasteiger partial charge in [-0.05, 0) is 30.0 Å². The van der Waals surface area contributed by atoms with Crippen molar-refractivity contribution in [2.24, 2.45) is 5.73 Å². The molecular weight excluding hydrogens is 182 g/mol. The molecule has 0 saturated carbocycles. The number of ether oxygens (including phenoxy) is 3. The van der Waals surface area contributed by atoms with Crippen molar-refractivity contribution in [3.05, 3.63) is 23.9 Å². The maximum Gasteiger partial charge on any atom is 0.231 e. The van der Waals surface area contributed by atoms with Crippen molar-refractivity contribution < 1.29 is 14.2 Å². The summed E-state index contributed by atoms with van der Waals surface area (Å²) in [6.07, 6.45) is 3.24. The summed E-state index contributed by atoms with van der Waals surface area (Å²) in [6, 6.07) is 3.70. The van der Waals surface area contributed by atoms with E-state index in [1.54, 1.807) is 13.2 Å². The van der Waals surface area contributed by atoms with Crippen LogP contribution < -0.4 is 19.9 Å². The number of rotatable bonds is 2. The van der Waals surface area contributed by atoms with Crippen LogP contribution in [0.4, 0.5) is 0 Å². The number of benzene rings is 1. The molecule has 1 aromatic rings. The fourth-order valence-electron chi connectivity index (χ4n) is 1.36. The molecule has 0 atom stereocenters. The minimum Gasteiger partial charge on any atom is -0.493 e. The molecule has 0 amide bonds. The zero-order valence-corrected chi connectivity index (χ0v) is 7.82. The molecule has 1 aromatic carbocycles. The van der Waals surface area contributed by atoms with Crippen LogP contribution in [0.15, 0.2) is 18.3 Å². The topological polar surface area (TPSA) is 53.7 Å². The second kappa shape index (κ2) is 3.49. The van der Waals surface area contributed by atoms with Gasteiger partial charge in [-0.1, -0.05) is 0 Å². The van der Waals surface area contributed by atoms with Crippen LogP contribution in [-0.4, -0.2) is 13.9 Å². The van der Waals surface area contributed by atoms with E-state index in [9.17, 15) is 0 Å². The monoisotopic (exact) mass is 193 g/mol. The van der Waals surface area contributed by atoms with Crippen LogP contribution in [0.5, 0.6) is 17.2 Å². The van der Waals surface area contributed by atoms with E-state index < -0.39 is 0 Å². The Labute approximate surface area is 81.9 Å². The first-order chi connectivity index (χ1) is 6.85. The first kappa shape index (κ1) is 8.74. The Kier molecular flexibility index (Phi) is 2.18. The fourth-order valence-corrected chi connectivity index (χ4v) is 1.36. The molecule has 4 heteroatoms. The van der Waals surface area contributed by atoms with Crippen LogP contribution in [0.2, 0.25) is 0 Å². The number of hydrogen-bond acceptors (Lipinski definition) is 4. The minimum absolute atomic E-state index is 0.238. The van der Waals surface area contributed by atoms with Crippen LogP contribution in [0, 0.1) is 0 Å². The molecule has 2 N–H and O–H groups in total. The Morgan fingerprint density at radius 3 is 3.00 bits per heavy atom. The van der Waals surface area contributed by atoms with E-state index in [1.165, 1.54) is 6.20 Å². The minimum atomic E-state index is 0.238. The second-order valence-electron chi connectivity index (χ2n) is 2.82. The van der Waals surface area contributed by atoms with Gasteiger partial charge >= 0.3 is 0 Å². The molecule has 4 nitrogen and oxygen atoms in total. The number of nitrogens with two attached hydrogens (primary N) is 1. The van der Waals surface area contributed by atoms with E-state index in [0.29, 0.717) is 17.2 Å². The highest BCUT2D eigenvalue weighted by Gasteiger charge is 2.19. The number of methoxy groups -OCH3 is 1. The lowest BCUT2D eigenvalue weighted by Crippen LogP contribution is -1.93. The van der Waals surface area contributed by atoms with Crippen molar-refractivity contribution in [2.45, 2.75) is 0 Å². The smallest absolute Gasteiger partial charge is 0.231 e. The largest absolute Gasteiger partial charge is 0.493 e. The average molecular weight is 193 g/mol. The standard InChI is InChI=1S/C10H11NO3/c1-12-8-4-7(2-3-11)5-9-10(8)14-6-13-9/h2-5H,6,11H2,1H3/b3-2+. The summed E-state index contributed by atoms with van der Waals surface area (Å²) >= 11 is 0. The third-order valence-electron chi connectivity index (χ3n) is 1.97.